The molecular weight excluding hydrogens is 312 g/mol. The summed E-state index contributed by atoms with van der Waals surface area (Å²) in [6.07, 6.45) is 0. The maximum absolute atomic E-state index is 13.0. The Hall–Kier alpha value is -2.33. The normalized spacial score (nSPS) is 12.1. The maximum Gasteiger partial charge on any atom is 0.322 e. The fourth-order valence-electron chi connectivity index (χ4n) is 2.86. The van der Waals surface area contributed by atoms with Crippen LogP contribution < -0.4 is 5.32 Å². The molecule has 0 aliphatic rings. The fourth-order valence-corrected chi connectivity index (χ4v) is 2.86. The lowest BCUT2D eigenvalue weighted by Crippen LogP contribution is -2.47. The monoisotopic (exact) mass is 340 g/mol. The van der Waals surface area contributed by atoms with Crippen LogP contribution in [0.3, 0.4) is 0 Å². The van der Waals surface area contributed by atoms with Crippen LogP contribution >= 0.6 is 0 Å². The van der Waals surface area contributed by atoms with E-state index in [-0.39, 0.29) is 24.6 Å². The van der Waals surface area contributed by atoms with Crippen molar-refractivity contribution in [2.75, 3.05) is 11.9 Å². The summed E-state index contributed by atoms with van der Waals surface area (Å²) in [7, 11) is 0. The first-order valence-electron chi connectivity index (χ1n) is 8.72. The quantitative estimate of drug-likeness (QED) is 0.821. The molecule has 0 aliphatic carbocycles. The van der Waals surface area contributed by atoms with Gasteiger partial charge in [-0.15, -0.1) is 0 Å². The summed E-state index contributed by atoms with van der Waals surface area (Å²) in [5.41, 5.74) is 4.04. The highest BCUT2D eigenvalue weighted by molar-refractivity contribution is 5.90. The van der Waals surface area contributed by atoms with Gasteiger partial charge in [0.2, 0.25) is 0 Å². The van der Waals surface area contributed by atoms with Gasteiger partial charge in [0.25, 0.3) is 0 Å². The van der Waals surface area contributed by atoms with Crippen molar-refractivity contribution in [3.8, 4) is 0 Å². The zero-order valence-corrected chi connectivity index (χ0v) is 15.5. The van der Waals surface area contributed by atoms with E-state index in [2.05, 4.69) is 5.32 Å². The van der Waals surface area contributed by atoms with Gasteiger partial charge in [-0.3, -0.25) is 0 Å². The van der Waals surface area contributed by atoms with Crippen molar-refractivity contribution in [1.82, 2.24) is 4.90 Å². The molecule has 2 amide bonds. The van der Waals surface area contributed by atoms with Gasteiger partial charge in [-0.25, -0.2) is 4.79 Å². The fraction of sp³-hybridized carbons (Fsp3) is 0.381. The van der Waals surface area contributed by atoms with Gasteiger partial charge in [0.15, 0.2) is 0 Å². The highest BCUT2D eigenvalue weighted by Crippen LogP contribution is 2.21. The van der Waals surface area contributed by atoms with Gasteiger partial charge in [-0.1, -0.05) is 56.3 Å². The van der Waals surface area contributed by atoms with Crippen molar-refractivity contribution in [3.05, 3.63) is 65.2 Å². The molecule has 0 saturated carbocycles. The largest absolute Gasteiger partial charge is 0.394 e. The molecule has 2 rings (SSSR count). The predicted octanol–water partition coefficient (Wildman–Crippen LogP) is 4.35. The summed E-state index contributed by atoms with van der Waals surface area (Å²) in [4.78, 5) is 14.7. The molecule has 25 heavy (non-hydrogen) atoms. The van der Waals surface area contributed by atoms with E-state index in [0.717, 1.165) is 22.4 Å². The van der Waals surface area contributed by atoms with Gasteiger partial charge in [0.1, 0.15) is 0 Å². The number of carbonyl (C=O) groups is 1. The molecule has 0 fully saturated rings. The van der Waals surface area contributed by atoms with Crippen LogP contribution in [0.25, 0.3) is 0 Å². The average molecular weight is 340 g/mol. The Bertz CT molecular complexity index is 698. The van der Waals surface area contributed by atoms with E-state index >= 15 is 0 Å². The summed E-state index contributed by atoms with van der Waals surface area (Å²) in [6.45, 7) is 8.45. The molecule has 0 bridgehead atoms. The van der Waals surface area contributed by atoms with Crippen LogP contribution in [0.1, 0.15) is 30.5 Å². The first-order valence-corrected chi connectivity index (χ1v) is 8.72. The Morgan fingerprint density at radius 1 is 1.08 bits per heavy atom. The van der Waals surface area contributed by atoms with Crippen LogP contribution in [-0.2, 0) is 6.54 Å². The van der Waals surface area contributed by atoms with Crippen LogP contribution in [0.4, 0.5) is 10.5 Å². The topological polar surface area (TPSA) is 52.6 Å². The minimum atomic E-state index is -0.245. The number of rotatable bonds is 6. The number of hydrogen-bond acceptors (Lipinski definition) is 2. The molecule has 0 radical (unpaired) electrons. The van der Waals surface area contributed by atoms with E-state index in [1.807, 2.05) is 76.2 Å². The number of nitrogens with zero attached hydrogens (tertiary/aromatic N) is 1. The average Bonchev–Trinajstić information content (AvgIpc) is 2.59. The lowest BCUT2D eigenvalue weighted by atomic mass is 10.0. The molecule has 4 nitrogen and oxygen atoms in total. The molecule has 134 valence electrons. The first-order chi connectivity index (χ1) is 11.9. The number of nitrogens with one attached hydrogen (secondary N) is 1. The molecule has 2 N–H and O–H groups in total. The van der Waals surface area contributed by atoms with Gasteiger partial charge in [-0.2, -0.15) is 0 Å². The van der Waals surface area contributed by atoms with Crippen molar-refractivity contribution in [2.45, 2.75) is 40.3 Å². The Morgan fingerprint density at radius 3 is 2.36 bits per heavy atom. The highest BCUT2D eigenvalue weighted by Gasteiger charge is 2.26. The molecular formula is C21H28N2O2. The SMILES string of the molecule is Cc1cccc(NC(=O)N(Cc2ccccc2)[C@@H](CO)C(C)C)c1C. The Balaban J connectivity index is 2.27. The van der Waals surface area contributed by atoms with Crippen molar-refractivity contribution < 1.29 is 9.90 Å². The van der Waals surface area contributed by atoms with E-state index in [9.17, 15) is 9.90 Å². The minimum Gasteiger partial charge on any atom is -0.394 e. The summed E-state index contributed by atoms with van der Waals surface area (Å²) < 4.78 is 0. The number of anilines is 1. The van der Waals surface area contributed by atoms with Crippen molar-refractivity contribution in [2.24, 2.45) is 5.92 Å². The van der Waals surface area contributed by atoms with Gasteiger partial charge in [0.05, 0.1) is 12.6 Å². The minimum absolute atomic E-state index is 0.0648. The van der Waals surface area contributed by atoms with E-state index in [0.29, 0.717) is 6.54 Å². The van der Waals surface area contributed by atoms with Gasteiger partial charge < -0.3 is 15.3 Å². The number of amides is 2. The standard InChI is InChI=1S/C21H28N2O2/c1-15(2)20(14-24)23(13-18-10-6-5-7-11-18)21(25)22-19-12-8-9-16(3)17(19)4/h5-12,15,20,24H,13-14H2,1-4H3,(H,22,25)/t20-/m0/s1. The molecule has 0 unspecified atom stereocenters. The third-order valence-electron chi connectivity index (χ3n) is 4.66. The summed E-state index contributed by atoms with van der Waals surface area (Å²) in [5.74, 6) is 0.151. The number of urea groups is 1. The lowest BCUT2D eigenvalue weighted by molar-refractivity contribution is 0.110. The van der Waals surface area contributed by atoms with Crippen LogP contribution in [0.5, 0.6) is 0 Å². The van der Waals surface area contributed by atoms with Gasteiger partial charge in [-0.05, 0) is 42.5 Å². The first kappa shape index (κ1) is 19.0. The Kier molecular flexibility index (Phi) is 6.59. The second-order valence-corrected chi connectivity index (χ2v) is 6.79. The van der Waals surface area contributed by atoms with Gasteiger partial charge >= 0.3 is 6.03 Å². The van der Waals surface area contributed by atoms with Gasteiger partial charge in [0, 0.05) is 12.2 Å². The molecule has 1 atom stereocenters. The summed E-state index contributed by atoms with van der Waals surface area (Å²) in [6, 6.07) is 15.3. The molecule has 0 saturated heterocycles. The van der Waals surface area contributed by atoms with Crippen LogP contribution in [0.2, 0.25) is 0 Å². The molecule has 4 heteroatoms. The number of carbonyl (C=O) groups excluding carboxylic acids is 1. The van der Waals surface area contributed by atoms with E-state index in [4.69, 9.17) is 0 Å². The number of benzene rings is 2. The molecule has 2 aromatic rings. The highest BCUT2D eigenvalue weighted by atomic mass is 16.3. The number of aliphatic hydroxyl groups excluding tert-OH is 1. The number of hydrogen-bond donors (Lipinski definition) is 2. The third kappa shape index (κ3) is 4.83. The second kappa shape index (κ2) is 8.67. The third-order valence-corrected chi connectivity index (χ3v) is 4.66. The van der Waals surface area contributed by atoms with Crippen LogP contribution in [0, 0.1) is 19.8 Å². The van der Waals surface area contributed by atoms with Crippen molar-refractivity contribution in [3.63, 3.8) is 0 Å². The molecule has 0 spiro atoms. The summed E-state index contributed by atoms with van der Waals surface area (Å²) in [5, 5.41) is 12.9. The Labute approximate surface area is 150 Å². The zero-order valence-electron chi connectivity index (χ0n) is 15.5. The van der Waals surface area contributed by atoms with Crippen LogP contribution in [-0.4, -0.2) is 28.7 Å². The smallest absolute Gasteiger partial charge is 0.322 e. The number of aryl methyl sites for hydroxylation is 1. The molecule has 0 heterocycles. The second-order valence-electron chi connectivity index (χ2n) is 6.79. The van der Waals surface area contributed by atoms with Crippen molar-refractivity contribution in [1.29, 1.82) is 0 Å². The predicted molar refractivity (Wildman–Crippen MR) is 103 cm³/mol. The van der Waals surface area contributed by atoms with Crippen molar-refractivity contribution >= 4 is 11.7 Å². The summed E-state index contributed by atoms with van der Waals surface area (Å²) >= 11 is 0. The number of aliphatic hydroxyl groups is 1. The zero-order chi connectivity index (χ0) is 18.4. The van der Waals surface area contributed by atoms with E-state index in [1.165, 1.54) is 0 Å². The molecule has 0 aliphatic heterocycles. The van der Waals surface area contributed by atoms with Crippen LogP contribution in [0.15, 0.2) is 48.5 Å². The molecule has 2 aromatic carbocycles. The van der Waals surface area contributed by atoms with E-state index < -0.39 is 0 Å². The van der Waals surface area contributed by atoms with E-state index in [1.54, 1.807) is 4.90 Å². The Morgan fingerprint density at radius 2 is 1.76 bits per heavy atom. The maximum atomic E-state index is 13.0. The molecule has 0 aromatic heterocycles. The lowest BCUT2D eigenvalue weighted by Gasteiger charge is -2.33.